The highest BCUT2D eigenvalue weighted by atomic mass is 32.2. The Balaban J connectivity index is 1.76. The average molecular weight is 277 g/mol. The molecule has 1 aliphatic carbocycles. The number of benzene rings is 1. The molecule has 0 aromatic heterocycles. The van der Waals surface area contributed by atoms with E-state index in [4.69, 9.17) is 0 Å². The van der Waals surface area contributed by atoms with Crippen molar-refractivity contribution in [2.24, 2.45) is 0 Å². The molecule has 0 bridgehead atoms. The Morgan fingerprint density at radius 1 is 1.32 bits per heavy atom. The van der Waals surface area contributed by atoms with Crippen LogP contribution >= 0.6 is 11.8 Å². The van der Waals surface area contributed by atoms with Crippen LogP contribution in [0.1, 0.15) is 36.8 Å². The maximum absolute atomic E-state index is 12.1. The highest BCUT2D eigenvalue weighted by molar-refractivity contribution is 7.99. The van der Waals surface area contributed by atoms with Crippen LogP contribution in [0.25, 0.3) is 0 Å². The Morgan fingerprint density at radius 3 is 2.68 bits per heavy atom. The number of hydrogen-bond donors (Lipinski definition) is 0. The van der Waals surface area contributed by atoms with Crippen LogP contribution in [0.5, 0.6) is 0 Å². The average Bonchev–Trinajstić information content (AvgIpc) is 2.94. The molecule has 0 N–H and O–H groups in total. The van der Waals surface area contributed by atoms with Crippen molar-refractivity contribution in [3.8, 4) is 0 Å². The van der Waals surface area contributed by atoms with E-state index in [1.54, 1.807) is 11.8 Å². The topological polar surface area (TPSA) is 20.3 Å². The van der Waals surface area contributed by atoms with Gasteiger partial charge in [0.2, 0.25) is 5.91 Å². The monoisotopic (exact) mass is 277 g/mol. The van der Waals surface area contributed by atoms with Gasteiger partial charge < -0.3 is 4.90 Å². The lowest BCUT2D eigenvalue weighted by molar-refractivity contribution is -0.129. The molecule has 1 fully saturated rings. The standard InChI is InChI=1S/C16H23NOS/c1-13-7-3-4-8-14(13)11-19-12-16(18)17(2)15-9-5-6-10-15/h3-4,7-8,15H,5-6,9-12H2,1-2H3. The summed E-state index contributed by atoms with van der Waals surface area (Å²) in [6.45, 7) is 2.13. The van der Waals surface area contributed by atoms with Gasteiger partial charge in [-0.3, -0.25) is 4.79 Å². The minimum Gasteiger partial charge on any atom is -0.342 e. The molecular formula is C16H23NOS. The van der Waals surface area contributed by atoms with E-state index >= 15 is 0 Å². The predicted octanol–water partition coefficient (Wildman–Crippen LogP) is 3.63. The van der Waals surface area contributed by atoms with Crippen LogP contribution in [0.2, 0.25) is 0 Å². The van der Waals surface area contributed by atoms with Crippen LogP contribution in [0, 0.1) is 6.92 Å². The second kappa shape index (κ2) is 6.99. The summed E-state index contributed by atoms with van der Waals surface area (Å²) in [6, 6.07) is 8.89. The summed E-state index contributed by atoms with van der Waals surface area (Å²) in [5.74, 6) is 1.81. The molecule has 104 valence electrons. The summed E-state index contributed by atoms with van der Waals surface area (Å²) in [5.41, 5.74) is 2.65. The molecule has 2 rings (SSSR count). The second-order valence-electron chi connectivity index (χ2n) is 5.36. The smallest absolute Gasteiger partial charge is 0.232 e. The van der Waals surface area contributed by atoms with Crippen molar-refractivity contribution in [1.82, 2.24) is 4.90 Å². The Bertz CT molecular complexity index is 427. The number of carbonyl (C=O) groups excluding carboxylic acids is 1. The third-order valence-corrected chi connectivity index (χ3v) is 4.98. The molecule has 1 aromatic carbocycles. The van der Waals surface area contributed by atoms with Gasteiger partial charge in [-0.1, -0.05) is 37.1 Å². The third kappa shape index (κ3) is 4.00. The highest BCUT2D eigenvalue weighted by Crippen LogP contribution is 2.23. The zero-order valence-electron chi connectivity index (χ0n) is 11.9. The maximum atomic E-state index is 12.1. The zero-order chi connectivity index (χ0) is 13.7. The fourth-order valence-electron chi connectivity index (χ4n) is 2.62. The zero-order valence-corrected chi connectivity index (χ0v) is 12.7. The normalized spacial score (nSPS) is 15.7. The Morgan fingerprint density at radius 2 is 2.00 bits per heavy atom. The first-order valence-corrected chi connectivity index (χ1v) is 8.22. The SMILES string of the molecule is Cc1ccccc1CSCC(=O)N(C)C1CCCC1. The molecule has 1 aromatic rings. The molecule has 0 unspecified atom stereocenters. The van der Waals surface area contributed by atoms with E-state index in [0.717, 1.165) is 5.75 Å². The predicted molar refractivity (Wildman–Crippen MR) is 82.4 cm³/mol. The number of aryl methyl sites for hydroxylation is 1. The lowest BCUT2D eigenvalue weighted by atomic mass is 10.1. The molecule has 1 amide bonds. The van der Waals surface area contributed by atoms with Crippen LogP contribution in [0.4, 0.5) is 0 Å². The van der Waals surface area contributed by atoms with Crippen molar-refractivity contribution in [1.29, 1.82) is 0 Å². The largest absolute Gasteiger partial charge is 0.342 e. The Labute approximate surface area is 120 Å². The number of thioether (sulfide) groups is 1. The van der Waals surface area contributed by atoms with Crippen molar-refractivity contribution in [2.75, 3.05) is 12.8 Å². The number of hydrogen-bond acceptors (Lipinski definition) is 2. The maximum Gasteiger partial charge on any atom is 0.232 e. The van der Waals surface area contributed by atoms with Gasteiger partial charge >= 0.3 is 0 Å². The van der Waals surface area contributed by atoms with Gasteiger partial charge in [-0.15, -0.1) is 11.8 Å². The molecule has 19 heavy (non-hydrogen) atoms. The first kappa shape index (κ1) is 14.4. The summed E-state index contributed by atoms with van der Waals surface area (Å²) in [4.78, 5) is 14.1. The molecule has 1 saturated carbocycles. The van der Waals surface area contributed by atoms with E-state index in [0.29, 0.717) is 11.8 Å². The molecular weight excluding hydrogens is 254 g/mol. The van der Waals surface area contributed by atoms with Gasteiger partial charge in [0, 0.05) is 18.8 Å². The summed E-state index contributed by atoms with van der Waals surface area (Å²) >= 11 is 1.72. The van der Waals surface area contributed by atoms with E-state index < -0.39 is 0 Å². The Hall–Kier alpha value is -0.960. The van der Waals surface area contributed by atoms with Crippen LogP contribution in [0.3, 0.4) is 0 Å². The minimum atomic E-state index is 0.283. The van der Waals surface area contributed by atoms with E-state index in [-0.39, 0.29) is 5.91 Å². The van der Waals surface area contributed by atoms with Crippen molar-refractivity contribution >= 4 is 17.7 Å². The molecule has 1 aliphatic rings. The molecule has 0 atom stereocenters. The highest BCUT2D eigenvalue weighted by Gasteiger charge is 2.22. The number of amides is 1. The van der Waals surface area contributed by atoms with Crippen LogP contribution in [0.15, 0.2) is 24.3 Å². The van der Waals surface area contributed by atoms with Gasteiger partial charge in [-0.25, -0.2) is 0 Å². The number of nitrogens with zero attached hydrogens (tertiary/aromatic N) is 1. The quantitative estimate of drug-likeness (QED) is 0.819. The van der Waals surface area contributed by atoms with E-state index in [1.165, 1.54) is 36.8 Å². The van der Waals surface area contributed by atoms with Crippen LogP contribution < -0.4 is 0 Å². The molecule has 0 spiro atoms. The number of rotatable bonds is 5. The summed E-state index contributed by atoms with van der Waals surface area (Å²) in [6.07, 6.45) is 4.92. The molecule has 2 nitrogen and oxygen atoms in total. The molecule has 0 saturated heterocycles. The van der Waals surface area contributed by atoms with Gasteiger partial charge in [0.15, 0.2) is 0 Å². The van der Waals surface area contributed by atoms with Gasteiger partial charge in [-0.05, 0) is 30.9 Å². The Kier molecular flexibility index (Phi) is 5.32. The summed E-state index contributed by atoms with van der Waals surface area (Å²) < 4.78 is 0. The lowest BCUT2D eigenvalue weighted by Gasteiger charge is -2.24. The first-order chi connectivity index (χ1) is 9.18. The fraction of sp³-hybridized carbons (Fsp3) is 0.562. The van der Waals surface area contributed by atoms with E-state index in [1.807, 2.05) is 11.9 Å². The second-order valence-corrected chi connectivity index (χ2v) is 6.35. The fourth-order valence-corrected chi connectivity index (χ4v) is 3.64. The van der Waals surface area contributed by atoms with Gasteiger partial charge in [0.25, 0.3) is 0 Å². The molecule has 3 heteroatoms. The minimum absolute atomic E-state index is 0.283. The van der Waals surface area contributed by atoms with Crippen LogP contribution in [-0.2, 0) is 10.5 Å². The third-order valence-electron chi connectivity index (χ3n) is 4.01. The summed E-state index contributed by atoms with van der Waals surface area (Å²) in [5, 5.41) is 0. The first-order valence-electron chi connectivity index (χ1n) is 7.06. The number of carbonyl (C=O) groups is 1. The van der Waals surface area contributed by atoms with Crippen molar-refractivity contribution in [2.45, 2.75) is 44.4 Å². The van der Waals surface area contributed by atoms with Gasteiger partial charge in [0.05, 0.1) is 5.75 Å². The molecule has 0 radical (unpaired) electrons. The van der Waals surface area contributed by atoms with Gasteiger partial charge in [0.1, 0.15) is 0 Å². The van der Waals surface area contributed by atoms with E-state index in [9.17, 15) is 4.79 Å². The summed E-state index contributed by atoms with van der Waals surface area (Å²) in [7, 11) is 1.96. The van der Waals surface area contributed by atoms with Gasteiger partial charge in [-0.2, -0.15) is 0 Å². The van der Waals surface area contributed by atoms with Crippen molar-refractivity contribution < 1.29 is 4.79 Å². The molecule has 0 aliphatic heterocycles. The van der Waals surface area contributed by atoms with Crippen molar-refractivity contribution in [3.05, 3.63) is 35.4 Å². The molecule has 0 heterocycles. The lowest BCUT2D eigenvalue weighted by Crippen LogP contribution is -2.36. The van der Waals surface area contributed by atoms with Crippen molar-refractivity contribution in [3.63, 3.8) is 0 Å². The van der Waals surface area contributed by atoms with E-state index in [2.05, 4.69) is 31.2 Å². The van der Waals surface area contributed by atoms with Crippen LogP contribution in [-0.4, -0.2) is 29.6 Å².